The number of amidine groups is 1. The number of halogens is 7. The van der Waals surface area contributed by atoms with E-state index in [4.69, 9.17) is 0 Å². The summed E-state index contributed by atoms with van der Waals surface area (Å²) in [6.07, 6.45) is -3.41. The molecule has 2 aromatic heterocycles. The minimum Gasteiger partial charge on any atom is -0.378 e. The highest BCUT2D eigenvalue weighted by molar-refractivity contribution is 6.01. The summed E-state index contributed by atoms with van der Waals surface area (Å²) < 4.78 is 102. The number of amides is 1. The summed E-state index contributed by atoms with van der Waals surface area (Å²) in [5, 5.41) is 30.9. The lowest BCUT2D eigenvalue weighted by atomic mass is 9.92. The Morgan fingerprint density at radius 2 is 1.79 bits per heavy atom. The van der Waals surface area contributed by atoms with Crippen LogP contribution in [0, 0.1) is 29.4 Å². The van der Waals surface area contributed by atoms with Gasteiger partial charge in [-0.1, -0.05) is 19.8 Å². The molecular weight excluding hydrogens is 711 g/mol. The smallest absolute Gasteiger partial charge is 0.378 e. The molecule has 0 radical (unpaired) electrons. The average molecular weight is 746 g/mol. The van der Waals surface area contributed by atoms with Gasteiger partial charge in [-0.2, -0.15) is 32.2 Å². The summed E-state index contributed by atoms with van der Waals surface area (Å²) in [6, 6.07) is 4.46. The SMILES string of the molecule is CC1=C(c2ccc(C#CC(C)(C)O)nc2[C@H](Cc2cc(F)cc(F)c2)NC(=O)Cn2nc(C(F)(F)F)c3c2C(F)(F)[C@H](C)[C@@H]3C)C=CC2=NNC(O)N21. The molecular formula is C36H34F7N7O3. The Balaban J connectivity index is 1.48. The van der Waals surface area contributed by atoms with Crippen molar-refractivity contribution in [2.75, 3.05) is 0 Å². The first-order chi connectivity index (χ1) is 24.7. The van der Waals surface area contributed by atoms with Gasteiger partial charge in [-0.15, -0.1) is 0 Å². The van der Waals surface area contributed by atoms with Crippen molar-refractivity contribution < 1.29 is 45.7 Å². The fraction of sp³-hybridized carbons (Fsp3) is 0.389. The number of benzene rings is 1. The lowest BCUT2D eigenvalue weighted by Crippen LogP contribution is -2.39. The van der Waals surface area contributed by atoms with Crippen molar-refractivity contribution in [3.05, 3.63) is 99.3 Å². The third-order valence-electron chi connectivity index (χ3n) is 9.32. The van der Waals surface area contributed by atoms with Crippen molar-refractivity contribution in [1.29, 1.82) is 0 Å². The number of hydrazone groups is 1. The number of pyridine rings is 1. The zero-order valence-electron chi connectivity index (χ0n) is 28.9. The average Bonchev–Trinajstić information content (AvgIpc) is 3.68. The number of allylic oxidation sites excluding steroid dienone is 3. The van der Waals surface area contributed by atoms with Gasteiger partial charge in [-0.25, -0.2) is 13.8 Å². The highest BCUT2D eigenvalue weighted by atomic mass is 19.4. The number of carbonyl (C=O) groups excluding carboxylic acids is 1. The number of hydrogen-bond donors (Lipinski definition) is 4. The predicted molar refractivity (Wildman–Crippen MR) is 177 cm³/mol. The highest BCUT2D eigenvalue weighted by Gasteiger charge is 2.57. The van der Waals surface area contributed by atoms with Gasteiger partial charge in [0.05, 0.1) is 11.7 Å². The van der Waals surface area contributed by atoms with Gasteiger partial charge < -0.3 is 15.5 Å². The topological polar surface area (TPSA) is 128 Å². The van der Waals surface area contributed by atoms with Gasteiger partial charge in [-0.3, -0.25) is 19.8 Å². The Morgan fingerprint density at radius 3 is 2.43 bits per heavy atom. The van der Waals surface area contributed by atoms with E-state index >= 15 is 8.78 Å². The van der Waals surface area contributed by atoms with Crippen LogP contribution in [0.1, 0.15) is 86.0 Å². The van der Waals surface area contributed by atoms with Crippen LogP contribution in [0.25, 0.3) is 5.57 Å². The molecule has 0 fully saturated rings. The van der Waals surface area contributed by atoms with Gasteiger partial charge in [0.1, 0.15) is 35.2 Å². The van der Waals surface area contributed by atoms with E-state index in [0.717, 1.165) is 19.1 Å². The zero-order chi connectivity index (χ0) is 38.8. The first-order valence-electron chi connectivity index (χ1n) is 16.4. The van der Waals surface area contributed by atoms with Crippen LogP contribution in [0.5, 0.6) is 0 Å². The second-order valence-corrected chi connectivity index (χ2v) is 13.7. The molecule has 4 N–H and O–H groups in total. The number of hydrogen-bond acceptors (Lipinski definition) is 8. The molecule has 280 valence electrons. The minimum atomic E-state index is -5.09. The quantitative estimate of drug-likeness (QED) is 0.188. The molecule has 1 aliphatic carbocycles. The fourth-order valence-corrected chi connectivity index (χ4v) is 6.70. The molecule has 0 saturated carbocycles. The second-order valence-electron chi connectivity index (χ2n) is 13.7. The van der Waals surface area contributed by atoms with Crippen LogP contribution in [0.2, 0.25) is 0 Å². The highest BCUT2D eigenvalue weighted by Crippen LogP contribution is 2.55. The van der Waals surface area contributed by atoms with E-state index in [1.165, 1.54) is 31.7 Å². The van der Waals surface area contributed by atoms with E-state index in [0.29, 0.717) is 33.4 Å². The Bertz CT molecular complexity index is 2120. The van der Waals surface area contributed by atoms with Gasteiger partial charge in [0.15, 0.2) is 11.5 Å². The van der Waals surface area contributed by atoms with Crippen LogP contribution in [0.15, 0.2) is 53.3 Å². The molecule has 17 heteroatoms. The maximum atomic E-state index is 15.5. The lowest BCUT2D eigenvalue weighted by Gasteiger charge is -2.29. The molecule has 3 aromatic rings. The molecule has 1 aromatic carbocycles. The van der Waals surface area contributed by atoms with Crippen LogP contribution in [0.3, 0.4) is 0 Å². The van der Waals surface area contributed by atoms with Gasteiger partial charge in [0, 0.05) is 34.4 Å². The Hall–Kier alpha value is -5.21. The Kier molecular flexibility index (Phi) is 9.44. The van der Waals surface area contributed by atoms with Gasteiger partial charge in [0.25, 0.3) is 5.92 Å². The number of aliphatic hydroxyl groups excluding tert-OH is 1. The van der Waals surface area contributed by atoms with E-state index in [1.54, 1.807) is 25.1 Å². The molecule has 4 atom stereocenters. The van der Waals surface area contributed by atoms with Gasteiger partial charge >= 0.3 is 6.18 Å². The summed E-state index contributed by atoms with van der Waals surface area (Å²) in [7, 11) is 0. The number of alkyl halides is 5. The second kappa shape index (κ2) is 13.3. The van der Waals surface area contributed by atoms with Gasteiger partial charge in [0.2, 0.25) is 12.3 Å². The molecule has 0 bridgehead atoms. The number of aliphatic hydroxyl groups is 2. The third-order valence-corrected chi connectivity index (χ3v) is 9.32. The van der Waals surface area contributed by atoms with Crippen LogP contribution in [0.4, 0.5) is 30.7 Å². The van der Waals surface area contributed by atoms with Crippen molar-refractivity contribution in [3.63, 3.8) is 0 Å². The van der Waals surface area contributed by atoms with Crippen LogP contribution < -0.4 is 10.7 Å². The molecule has 0 saturated heterocycles. The molecule has 6 rings (SSSR count). The third kappa shape index (κ3) is 7.25. The summed E-state index contributed by atoms with van der Waals surface area (Å²) in [6.45, 7) is 5.84. The molecule has 0 spiro atoms. The number of nitrogens with one attached hydrogen (secondary N) is 2. The van der Waals surface area contributed by atoms with E-state index in [-0.39, 0.29) is 23.4 Å². The number of fused-ring (bicyclic) bond motifs is 2. The van der Waals surface area contributed by atoms with Crippen LogP contribution >= 0.6 is 0 Å². The van der Waals surface area contributed by atoms with Crippen molar-refractivity contribution >= 4 is 17.3 Å². The van der Waals surface area contributed by atoms with E-state index in [2.05, 4.69) is 37.8 Å². The number of carbonyl (C=O) groups is 1. The first-order valence-corrected chi connectivity index (χ1v) is 16.4. The van der Waals surface area contributed by atoms with E-state index in [9.17, 15) is 37.0 Å². The fourth-order valence-electron chi connectivity index (χ4n) is 6.70. The monoisotopic (exact) mass is 745 g/mol. The number of rotatable bonds is 7. The molecule has 1 unspecified atom stereocenters. The van der Waals surface area contributed by atoms with E-state index < -0.39 is 83.0 Å². The Morgan fingerprint density at radius 1 is 1.11 bits per heavy atom. The minimum absolute atomic E-state index is 0.0422. The van der Waals surface area contributed by atoms with Crippen molar-refractivity contribution in [2.24, 2.45) is 11.0 Å². The van der Waals surface area contributed by atoms with Crippen molar-refractivity contribution in [1.82, 2.24) is 30.4 Å². The largest absolute Gasteiger partial charge is 0.435 e. The van der Waals surface area contributed by atoms with Gasteiger partial charge in [-0.05, 0) is 81.0 Å². The summed E-state index contributed by atoms with van der Waals surface area (Å²) >= 11 is 0. The summed E-state index contributed by atoms with van der Waals surface area (Å²) in [4.78, 5) is 19.9. The summed E-state index contributed by atoms with van der Waals surface area (Å²) in [5.74, 6) is -3.67. The predicted octanol–water partition coefficient (Wildman–Crippen LogP) is 5.44. The molecule has 53 heavy (non-hydrogen) atoms. The molecule has 2 aliphatic heterocycles. The first kappa shape index (κ1) is 37.5. The normalized spacial score (nSPS) is 21.1. The molecule has 10 nitrogen and oxygen atoms in total. The number of nitrogens with zero attached hydrogens (tertiary/aromatic N) is 5. The Labute approximate surface area is 299 Å². The molecule has 3 aliphatic rings. The van der Waals surface area contributed by atoms with Crippen molar-refractivity contribution in [3.8, 4) is 11.8 Å². The standard InChI is InChI=1S/C36H34F7N7O3/c1-17-18(2)35(39,40)32-29(17)31(36(41,42)43)48-49(32)16-28(51)45-26(14-20-12-21(37)15-22(38)13-20)30-25(7-6-23(44-30)10-11-34(4,5)53)24-8-9-27-46-47-33(52)50(27)19(24)3/h6-9,12-13,15,17-18,26,33,47,52-53H,14,16H2,1-5H3,(H,45,51)/t17-,18+,26-,33?/m0/s1. The lowest BCUT2D eigenvalue weighted by molar-refractivity contribution is -0.143. The maximum absolute atomic E-state index is 15.5. The maximum Gasteiger partial charge on any atom is 0.435 e. The number of aromatic nitrogens is 3. The van der Waals surface area contributed by atoms with Crippen molar-refractivity contribution in [2.45, 2.75) is 83.6 Å². The molecule has 4 heterocycles. The zero-order valence-corrected chi connectivity index (χ0v) is 28.9. The van der Waals surface area contributed by atoms with E-state index in [1.807, 2.05) is 0 Å². The van der Waals surface area contributed by atoms with Crippen LogP contribution in [-0.4, -0.2) is 53.6 Å². The van der Waals surface area contributed by atoms with Crippen LogP contribution in [-0.2, 0) is 29.9 Å². The summed E-state index contributed by atoms with van der Waals surface area (Å²) in [5.41, 5.74) is -0.659. The molecule has 1 amide bonds.